The molecule has 194 valence electrons. The molecule has 0 aliphatic carbocycles. The minimum atomic E-state index is -4.27. The van der Waals surface area contributed by atoms with E-state index in [0.717, 1.165) is 0 Å². The number of benzene rings is 3. The first-order valence-electron chi connectivity index (χ1n) is 11.5. The van der Waals surface area contributed by atoms with E-state index in [9.17, 15) is 28.1 Å². The Labute approximate surface area is 223 Å². The van der Waals surface area contributed by atoms with E-state index in [2.05, 4.69) is 17.2 Å². The number of thioether (sulfide) groups is 1. The molecule has 38 heavy (non-hydrogen) atoms. The number of carbonyl (C=O) groups is 2. The number of amides is 2. The molecule has 1 N–H and O–H groups in total. The van der Waals surface area contributed by atoms with Crippen molar-refractivity contribution in [2.75, 3.05) is 0 Å². The number of nitro benzene ring substituents is 1. The molecule has 2 amide bonds. The largest absolute Gasteiger partial charge is 0.457 e. The van der Waals surface area contributed by atoms with Gasteiger partial charge in [0.15, 0.2) is 0 Å². The molecular formula is C27H22N2O7S2. The molecule has 11 heteroatoms. The summed E-state index contributed by atoms with van der Waals surface area (Å²) in [7, 11) is -4.27. The van der Waals surface area contributed by atoms with Crippen molar-refractivity contribution in [1.29, 1.82) is 0 Å². The zero-order chi connectivity index (χ0) is 27.3. The summed E-state index contributed by atoms with van der Waals surface area (Å²) < 4.78 is 31.0. The summed E-state index contributed by atoms with van der Waals surface area (Å²) in [5.41, 5.74) is 1.22. The second kappa shape index (κ2) is 11.1. The number of para-hydroxylation sites is 1. The monoisotopic (exact) mass is 550 g/mol. The predicted molar refractivity (Wildman–Crippen MR) is 143 cm³/mol. The number of hydrogen-bond donors (Lipinski definition) is 1. The number of unbranched alkanes of at least 4 members (excludes halogenated alkanes) is 1. The summed E-state index contributed by atoms with van der Waals surface area (Å²) in [6.07, 6.45) is 0.342. The van der Waals surface area contributed by atoms with Gasteiger partial charge < -0.3 is 4.74 Å². The quantitative estimate of drug-likeness (QED) is 0.171. The number of nitro groups is 1. The minimum Gasteiger partial charge on any atom is -0.457 e. The van der Waals surface area contributed by atoms with Crippen molar-refractivity contribution in [2.24, 2.45) is 0 Å². The number of imide groups is 1. The summed E-state index contributed by atoms with van der Waals surface area (Å²) in [5.74, 6) is 5.97. The SMILES string of the molecule is Cc1cc([N+](=O)[O-])ccc1C#CCCCC1(S(=O)(=O)c2ccc(Oc3ccccc3)cc2)SC(=O)NC1=O. The molecule has 1 aliphatic heterocycles. The van der Waals surface area contributed by atoms with E-state index in [1.165, 1.54) is 36.4 Å². The number of rotatable bonds is 8. The topological polar surface area (TPSA) is 133 Å². The lowest BCUT2D eigenvalue weighted by atomic mass is 10.1. The summed E-state index contributed by atoms with van der Waals surface area (Å²) in [6, 6.07) is 19.0. The van der Waals surface area contributed by atoms with Gasteiger partial charge in [-0.2, -0.15) is 0 Å². The van der Waals surface area contributed by atoms with Gasteiger partial charge in [0, 0.05) is 24.1 Å². The molecule has 9 nitrogen and oxygen atoms in total. The van der Waals surface area contributed by atoms with Crippen LogP contribution in [0.3, 0.4) is 0 Å². The van der Waals surface area contributed by atoms with E-state index in [1.807, 2.05) is 18.2 Å². The van der Waals surface area contributed by atoms with Crippen LogP contribution < -0.4 is 10.1 Å². The highest BCUT2D eigenvalue weighted by molar-refractivity contribution is 8.25. The molecule has 1 heterocycles. The van der Waals surface area contributed by atoms with Crippen molar-refractivity contribution in [1.82, 2.24) is 5.32 Å². The number of non-ortho nitro benzene ring substituents is 1. The van der Waals surface area contributed by atoms with Gasteiger partial charge in [-0.25, -0.2) is 8.42 Å². The van der Waals surface area contributed by atoms with Crippen molar-refractivity contribution >= 4 is 38.4 Å². The number of nitrogens with one attached hydrogen (secondary N) is 1. The summed E-state index contributed by atoms with van der Waals surface area (Å²) in [4.78, 5) is 35.2. The van der Waals surface area contributed by atoms with Gasteiger partial charge in [-0.1, -0.05) is 30.0 Å². The van der Waals surface area contributed by atoms with Crippen LogP contribution in [0.5, 0.6) is 11.5 Å². The Morgan fingerprint density at radius 2 is 1.71 bits per heavy atom. The van der Waals surface area contributed by atoms with Crippen LogP contribution in [0.1, 0.15) is 30.4 Å². The van der Waals surface area contributed by atoms with Gasteiger partial charge in [0.05, 0.1) is 9.82 Å². The molecule has 1 atom stereocenters. The second-order valence-electron chi connectivity index (χ2n) is 8.40. The standard InChI is InChI=1S/C27H22N2O7S2/c1-19-18-21(29(32)33)12-11-20(19)8-4-3-7-17-27(25(30)28-26(31)37-27)38(34,35)24-15-13-23(14-16-24)36-22-9-5-2-6-10-22/h2,5-6,9-16,18H,3,7,17H2,1H3,(H,28,30,31). The fourth-order valence-corrected chi connectivity index (χ4v) is 7.23. The molecule has 0 aromatic heterocycles. The first-order valence-corrected chi connectivity index (χ1v) is 13.8. The Kier molecular flexibility index (Phi) is 7.85. The normalized spacial score (nSPS) is 16.9. The molecule has 4 rings (SSSR count). The van der Waals surface area contributed by atoms with Crippen LogP contribution in [-0.2, 0) is 14.6 Å². The van der Waals surface area contributed by atoms with Crippen LogP contribution in [0.2, 0.25) is 0 Å². The van der Waals surface area contributed by atoms with Crippen molar-refractivity contribution in [3.8, 4) is 23.3 Å². The van der Waals surface area contributed by atoms with Gasteiger partial charge in [-0.3, -0.25) is 25.0 Å². The zero-order valence-corrected chi connectivity index (χ0v) is 21.8. The first kappa shape index (κ1) is 26.9. The third-order valence-corrected chi connectivity index (χ3v) is 9.88. The lowest BCUT2D eigenvalue weighted by Gasteiger charge is -2.24. The molecule has 3 aromatic rings. The van der Waals surface area contributed by atoms with Gasteiger partial charge in [-0.05, 0) is 79.6 Å². The summed E-state index contributed by atoms with van der Waals surface area (Å²) >= 11 is 0.460. The highest BCUT2D eigenvalue weighted by Crippen LogP contribution is 2.44. The van der Waals surface area contributed by atoms with Crippen LogP contribution in [0, 0.1) is 28.9 Å². The molecule has 0 saturated carbocycles. The van der Waals surface area contributed by atoms with Crippen LogP contribution in [-0.4, -0.2) is 28.6 Å². The predicted octanol–water partition coefficient (Wildman–Crippen LogP) is 5.37. The number of carbonyl (C=O) groups excluding carboxylic acids is 2. The maximum Gasteiger partial charge on any atom is 0.287 e. The molecule has 0 bridgehead atoms. The van der Waals surface area contributed by atoms with Crippen LogP contribution in [0.4, 0.5) is 10.5 Å². The molecule has 0 spiro atoms. The van der Waals surface area contributed by atoms with E-state index in [1.54, 1.807) is 25.1 Å². The fraction of sp³-hybridized carbons (Fsp3) is 0.185. The molecule has 0 radical (unpaired) electrons. The Bertz CT molecular complexity index is 1560. The molecular weight excluding hydrogens is 528 g/mol. The maximum absolute atomic E-state index is 13.6. The van der Waals surface area contributed by atoms with Crippen LogP contribution in [0.15, 0.2) is 77.7 Å². The Hall–Kier alpha value is -4.14. The lowest BCUT2D eigenvalue weighted by Crippen LogP contribution is -2.43. The lowest BCUT2D eigenvalue weighted by molar-refractivity contribution is -0.384. The highest BCUT2D eigenvalue weighted by atomic mass is 32.3. The Morgan fingerprint density at radius 1 is 1.03 bits per heavy atom. The van der Waals surface area contributed by atoms with Crippen LogP contribution >= 0.6 is 11.8 Å². The van der Waals surface area contributed by atoms with Gasteiger partial charge in [0.2, 0.25) is 13.9 Å². The van der Waals surface area contributed by atoms with Crippen molar-refractivity contribution in [3.05, 3.63) is 94.0 Å². The van der Waals surface area contributed by atoms with E-state index in [0.29, 0.717) is 34.4 Å². The first-order chi connectivity index (χ1) is 18.1. The van der Waals surface area contributed by atoms with E-state index in [4.69, 9.17) is 4.74 Å². The number of ether oxygens (including phenoxy) is 1. The average Bonchev–Trinajstić information content (AvgIpc) is 3.19. The van der Waals surface area contributed by atoms with E-state index >= 15 is 0 Å². The van der Waals surface area contributed by atoms with Gasteiger partial charge >= 0.3 is 0 Å². The Balaban J connectivity index is 1.50. The summed E-state index contributed by atoms with van der Waals surface area (Å²) in [5, 5.41) is 12.3. The number of hydrogen-bond acceptors (Lipinski definition) is 8. The molecule has 1 fully saturated rings. The van der Waals surface area contributed by atoms with Gasteiger partial charge in [0.1, 0.15) is 11.5 Å². The molecule has 1 unspecified atom stereocenters. The minimum absolute atomic E-state index is 0.0335. The summed E-state index contributed by atoms with van der Waals surface area (Å²) in [6.45, 7) is 1.71. The zero-order valence-electron chi connectivity index (χ0n) is 20.2. The van der Waals surface area contributed by atoms with Crippen molar-refractivity contribution < 1.29 is 27.7 Å². The van der Waals surface area contributed by atoms with E-state index < -0.39 is 30.0 Å². The van der Waals surface area contributed by atoms with E-state index in [-0.39, 0.29) is 29.8 Å². The number of sulfone groups is 1. The maximum atomic E-state index is 13.6. The smallest absolute Gasteiger partial charge is 0.287 e. The average molecular weight is 551 g/mol. The molecule has 1 aliphatic rings. The van der Waals surface area contributed by atoms with Crippen LogP contribution in [0.25, 0.3) is 0 Å². The third kappa shape index (κ3) is 5.56. The van der Waals surface area contributed by atoms with Crippen molar-refractivity contribution in [2.45, 2.75) is 35.2 Å². The Morgan fingerprint density at radius 3 is 2.32 bits per heavy atom. The fourth-order valence-electron chi connectivity index (χ4n) is 3.86. The van der Waals surface area contributed by atoms with Gasteiger partial charge in [0.25, 0.3) is 16.8 Å². The molecule has 1 saturated heterocycles. The number of aryl methyl sites for hydroxylation is 1. The molecule has 3 aromatic carbocycles. The highest BCUT2D eigenvalue weighted by Gasteiger charge is 2.57. The number of nitrogens with zero attached hydrogens (tertiary/aromatic N) is 1. The van der Waals surface area contributed by atoms with Crippen molar-refractivity contribution in [3.63, 3.8) is 0 Å². The second-order valence-corrected chi connectivity index (χ2v) is 12.1. The van der Waals surface area contributed by atoms with Gasteiger partial charge in [-0.15, -0.1) is 0 Å². The third-order valence-electron chi connectivity index (χ3n) is 5.82.